The van der Waals surface area contributed by atoms with Gasteiger partial charge in [-0.2, -0.15) is 0 Å². The average molecular weight is 230 g/mol. The molecule has 0 aliphatic rings. The molecule has 3 aromatic rings. The van der Waals surface area contributed by atoms with Crippen LogP contribution in [-0.4, -0.2) is 14.6 Å². The zero-order valence-corrected chi connectivity index (χ0v) is 9.53. The topological polar surface area (TPSA) is 56.2 Å². The lowest BCUT2D eigenvalue weighted by atomic mass is 10.1. The number of aromatic nitrogens is 3. The second-order valence-electron chi connectivity index (χ2n) is 3.66. The van der Waals surface area contributed by atoms with Crippen molar-refractivity contribution in [3.05, 3.63) is 36.0 Å². The number of nitrogens with two attached hydrogens (primary N) is 1. The van der Waals surface area contributed by atoms with Crippen molar-refractivity contribution in [2.45, 2.75) is 6.92 Å². The molecule has 2 heterocycles. The van der Waals surface area contributed by atoms with Gasteiger partial charge in [-0.15, -0.1) is 5.10 Å². The zero-order valence-electron chi connectivity index (χ0n) is 8.71. The molecule has 0 bridgehead atoms. The number of rotatable bonds is 1. The highest BCUT2D eigenvalue weighted by Gasteiger charge is 2.07. The van der Waals surface area contributed by atoms with E-state index < -0.39 is 0 Å². The molecule has 1 aromatic carbocycles. The van der Waals surface area contributed by atoms with Crippen LogP contribution < -0.4 is 5.73 Å². The smallest absolute Gasteiger partial charge is 0.214 e. The Kier molecular flexibility index (Phi) is 1.94. The van der Waals surface area contributed by atoms with Crippen molar-refractivity contribution in [2.75, 3.05) is 5.73 Å². The van der Waals surface area contributed by atoms with Gasteiger partial charge >= 0.3 is 0 Å². The van der Waals surface area contributed by atoms with Crippen LogP contribution in [0.1, 0.15) is 5.56 Å². The summed E-state index contributed by atoms with van der Waals surface area (Å²) in [6, 6.07) is 8.27. The Morgan fingerprint density at radius 2 is 2.00 bits per heavy atom. The minimum atomic E-state index is 0.540. The standard InChI is InChI=1S/C11H10N4S/c1-7-2-4-8(5-3-7)9-6-15-11(13-9)16-10(12)14-15/h2-6H,1H3,(H2,12,14). The first-order valence-corrected chi connectivity index (χ1v) is 5.73. The molecule has 0 spiro atoms. The summed E-state index contributed by atoms with van der Waals surface area (Å²) in [5.74, 6) is 0. The molecule has 2 aromatic heterocycles. The number of hydrogen-bond donors (Lipinski definition) is 1. The lowest BCUT2D eigenvalue weighted by Crippen LogP contribution is -1.85. The van der Waals surface area contributed by atoms with Crippen LogP contribution in [0.15, 0.2) is 30.5 Å². The fraction of sp³-hybridized carbons (Fsp3) is 0.0909. The molecule has 0 fully saturated rings. The second-order valence-corrected chi connectivity index (χ2v) is 4.65. The van der Waals surface area contributed by atoms with E-state index in [2.05, 4.69) is 41.3 Å². The van der Waals surface area contributed by atoms with Crippen LogP contribution in [0.5, 0.6) is 0 Å². The Labute approximate surface area is 96.4 Å². The number of imidazole rings is 1. The number of nitrogens with zero attached hydrogens (tertiary/aromatic N) is 3. The van der Waals surface area contributed by atoms with Gasteiger partial charge < -0.3 is 5.73 Å². The molecule has 3 rings (SSSR count). The van der Waals surface area contributed by atoms with E-state index in [-0.39, 0.29) is 0 Å². The Balaban J connectivity index is 2.11. The normalized spacial score (nSPS) is 11.1. The van der Waals surface area contributed by atoms with Crippen molar-refractivity contribution in [1.82, 2.24) is 14.6 Å². The third-order valence-electron chi connectivity index (χ3n) is 2.41. The van der Waals surface area contributed by atoms with E-state index >= 15 is 0 Å². The zero-order chi connectivity index (χ0) is 11.1. The summed E-state index contributed by atoms with van der Waals surface area (Å²) in [7, 11) is 0. The molecule has 2 N–H and O–H groups in total. The number of hydrogen-bond acceptors (Lipinski definition) is 4. The summed E-state index contributed by atoms with van der Waals surface area (Å²) in [5, 5.41) is 4.67. The van der Waals surface area contributed by atoms with Gasteiger partial charge in [0.25, 0.3) is 0 Å². The average Bonchev–Trinajstić information content (AvgIpc) is 2.75. The molecular weight excluding hydrogens is 220 g/mol. The third-order valence-corrected chi connectivity index (χ3v) is 3.16. The van der Waals surface area contributed by atoms with Crippen molar-refractivity contribution in [3.8, 4) is 11.3 Å². The highest BCUT2D eigenvalue weighted by Crippen LogP contribution is 2.23. The molecule has 0 saturated heterocycles. The highest BCUT2D eigenvalue weighted by molar-refractivity contribution is 7.20. The summed E-state index contributed by atoms with van der Waals surface area (Å²) in [6.07, 6.45) is 1.90. The number of aryl methyl sites for hydroxylation is 1. The predicted molar refractivity (Wildman–Crippen MR) is 65.4 cm³/mol. The molecule has 0 unspecified atom stereocenters. The van der Waals surface area contributed by atoms with Crippen LogP contribution >= 0.6 is 11.3 Å². The molecular formula is C11H10N4S. The first kappa shape index (κ1) is 9.35. The molecule has 0 amide bonds. The summed E-state index contributed by atoms with van der Waals surface area (Å²) in [6.45, 7) is 2.07. The van der Waals surface area contributed by atoms with Gasteiger partial charge in [-0.25, -0.2) is 9.50 Å². The highest BCUT2D eigenvalue weighted by atomic mass is 32.1. The second kappa shape index (κ2) is 3.31. The van der Waals surface area contributed by atoms with E-state index in [1.807, 2.05) is 6.20 Å². The van der Waals surface area contributed by atoms with Crippen molar-refractivity contribution in [3.63, 3.8) is 0 Å². The van der Waals surface area contributed by atoms with Gasteiger partial charge in [-0.1, -0.05) is 41.2 Å². The number of fused-ring (bicyclic) bond motifs is 1. The van der Waals surface area contributed by atoms with Crippen LogP contribution in [-0.2, 0) is 0 Å². The lowest BCUT2D eigenvalue weighted by Gasteiger charge is -1.96. The van der Waals surface area contributed by atoms with Crippen LogP contribution in [0.3, 0.4) is 0 Å². The molecule has 0 aliphatic carbocycles. The molecule has 4 nitrogen and oxygen atoms in total. The lowest BCUT2D eigenvalue weighted by molar-refractivity contribution is 0.981. The van der Waals surface area contributed by atoms with E-state index in [4.69, 9.17) is 5.73 Å². The van der Waals surface area contributed by atoms with Gasteiger partial charge in [0.05, 0.1) is 11.9 Å². The van der Waals surface area contributed by atoms with Crippen LogP contribution in [0.2, 0.25) is 0 Å². The van der Waals surface area contributed by atoms with E-state index in [1.54, 1.807) is 4.52 Å². The van der Waals surface area contributed by atoms with Crippen LogP contribution in [0.4, 0.5) is 5.13 Å². The first-order chi connectivity index (χ1) is 7.72. The molecule has 0 radical (unpaired) electrons. The Morgan fingerprint density at radius 3 is 2.69 bits per heavy atom. The largest absolute Gasteiger partial charge is 0.374 e. The monoisotopic (exact) mass is 230 g/mol. The van der Waals surface area contributed by atoms with Crippen molar-refractivity contribution < 1.29 is 0 Å². The van der Waals surface area contributed by atoms with E-state index in [9.17, 15) is 0 Å². The minimum Gasteiger partial charge on any atom is -0.374 e. The maximum Gasteiger partial charge on any atom is 0.214 e. The maximum atomic E-state index is 5.59. The molecule has 0 aliphatic heterocycles. The minimum absolute atomic E-state index is 0.540. The SMILES string of the molecule is Cc1ccc(-c2cn3nc(N)sc3n2)cc1. The predicted octanol–water partition coefficient (Wildman–Crippen LogP) is 2.35. The summed E-state index contributed by atoms with van der Waals surface area (Å²) in [5.41, 5.74) is 8.86. The Hall–Kier alpha value is -1.88. The van der Waals surface area contributed by atoms with E-state index in [0.29, 0.717) is 5.13 Å². The van der Waals surface area contributed by atoms with Crippen molar-refractivity contribution >= 4 is 21.4 Å². The van der Waals surface area contributed by atoms with Gasteiger partial charge in [0.2, 0.25) is 10.1 Å². The summed E-state index contributed by atoms with van der Waals surface area (Å²) < 4.78 is 1.72. The fourth-order valence-corrected chi connectivity index (χ4v) is 2.23. The molecule has 80 valence electrons. The van der Waals surface area contributed by atoms with Gasteiger partial charge in [0.1, 0.15) is 0 Å². The number of nitrogen functional groups attached to an aromatic ring is 1. The summed E-state index contributed by atoms with van der Waals surface area (Å²) in [4.78, 5) is 5.30. The van der Waals surface area contributed by atoms with E-state index in [1.165, 1.54) is 16.9 Å². The maximum absolute atomic E-state index is 5.59. The summed E-state index contributed by atoms with van der Waals surface area (Å²) >= 11 is 1.39. The van der Waals surface area contributed by atoms with Gasteiger partial charge in [-0.05, 0) is 6.92 Å². The Morgan fingerprint density at radius 1 is 1.25 bits per heavy atom. The van der Waals surface area contributed by atoms with Crippen molar-refractivity contribution in [2.24, 2.45) is 0 Å². The quantitative estimate of drug-likeness (QED) is 0.698. The van der Waals surface area contributed by atoms with Crippen molar-refractivity contribution in [1.29, 1.82) is 0 Å². The van der Waals surface area contributed by atoms with Gasteiger partial charge in [-0.3, -0.25) is 0 Å². The molecule has 0 atom stereocenters. The number of benzene rings is 1. The molecule has 0 saturated carbocycles. The third kappa shape index (κ3) is 1.45. The number of anilines is 1. The Bertz CT molecular complexity index is 604. The van der Waals surface area contributed by atoms with Gasteiger partial charge in [0, 0.05) is 5.56 Å². The fourth-order valence-electron chi connectivity index (χ4n) is 1.58. The van der Waals surface area contributed by atoms with Gasteiger partial charge in [0.15, 0.2) is 0 Å². The molecule has 16 heavy (non-hydrogen) atoms. The van der Waals surface area contributed by atoms with Crippen LogP contribution in [0.25, 0.3) is 16.2 Å². The van der Waals surface area contributed by atoms with E-state index in [0.717, 1.165) is 16.2 Å². The van der Waals surface area contributed by atoms with Crippen LogP contribution in [0, 0.1) is 6.92 Å². The first-order valence-electron chi connectivity index (χ1n) is 4.91. The molecule has 5 heteroatoms.